The third-order valence-electron chi connectivity index (χ3n) is 6.09. The molecule has 2 amide bonds. The second kappa shape index (κ2) is 9.86. The average molecular weight is 447 g/mol. The Morgan fingerprint density at radius 1 is 1.06 bits per heavy atom. The number of hydrogen-bond acceptors (Lipinski definition) is 3. The summed E-state index contributed by atoms with van der Waals surface area (Å²) in [6.45, 7) is 4.15. The summed E-state index contributed by atoms with van der Waals surface area (Å²) < 4.78 is 19.1. The summed E-state index contributed by atoms with van der Waals surface area (Å²) in [5.74, 6) is -0.180. The van der Waals surface area contributed by atoms with Crippen LogP contribution in [0.25, 0.3) is 0 Å². The van der Waals surface area contributed by atoms with Crippen LogP contribution in [-0.4, -0.2) is 23.3 Å². The maximum Gasteiger partial charge on any atom is 0.261 e. The summed E-state index contributed by atoms with van der Waals surface area (Å²) in [6.07, 6.45) is 0.682. The molecule has 1 heterocycles. The number of carbonyl (C=O) groups excluding carboxylic acids is 2. The van der Waals surface area contributed by atoms with E-state index in [4.69, 9.17) is 4.74 Å². The monoisotopic (exact) mass is 446 g/mol. The molecule has 4 rings (SSSR count). The molecule has 0 aliphatic carbocycles. The smallest absolute Gasteiger partial charge is 0.261 e. The van der Waals surface area contributed by atoms with Crippen molar-refractivity contribution in [2.45, 2.75) is 38.8 Å². The first-order valence-electron chi connectivity index (χ1n) is 11.1. The fourth-order valence-corrected chi connectivity index (χ4v) is 4.18. The molecular formula is C27H27FN2O3. The van der Waals surface area contributed by atoms with Crippen LogP contribution in [0.1, 0.15) is 48.9 Å². The molecule has 3 aromatic carbocycles. The zero-order chi connectivity index (χ0) is 23.4. The number of fused-ring (bicyclic) bond motifs is 1. The van der Waals surface area contributed by atoms with E-state index in [0.29, 0.717) is 24.4 Å². The van der Waals surface area contributed by atoms with Crippen molar-refractivity contribution in [2.75, 3.05) is 11.9 Å². The minimum atomic E-state index is -0.317. The molecule has 3 aromatic rings. The first-order valence-corrected chi connectivity index (χ1v) is 11.1. The van der Waals surface area contributed by atoms with Crippen molar-refractivity contribution in [2.24, 2.45) is 0 Å². The van der Waals surface area contributed by atoms with Gasteiger partial charge in [0.2, 0.25) is 5.91 Å². The number of benzene rings is 3. The third-order valence-corrected chi connectivity index (χ3v) is 6.09. The lowest BCUT2D eigenvalue weighted by Gasteiger charge is -2.28. The molecule has 2 atom stereocenters. The summed E-state index contributed by atoms with van der Waals surface area (Å²) in [5, 5.41) is 3.02. The van der Waals surface area contributed by atoms with Gasteiger partial charge in [0.15, 0.2) is 6.61 Å². The van der Waals surface area contributed by atoms with Crippen molar-refractivity contribution in [1.82, 2.24) is 4.90 Å². The number of anilines is 1. The molecule has 0 radical (unpaired) electrons. The number of carbonyl (C=O) groups is 2. The summed E-state index contributed by atoms with van der Waals surface area (Å²) >= 11 is 0. The quantitative estimate of drug-likeness (QED) is 0.549. The normalized spacial score (nSPS) is 15.1. The predicted octanol–water partition coefficient (Wildman–Crippen LogP) is 5.44. The van der Waals surface area contributed by atoms with Gasteiger partial charge in [-0.3, -0.25) is 9.59 Å². The van der Waals surface area contributed by atoms with Crippen molar-refractivity contribution in [3.63, 3.8) is 0 Å². The Morgan fingerprint density at radius 3 is 2.48 bits per heavy atom. The van der Waals surface area contributed by atoms with Gasteiger partial charge in [0.25, 0.3) is 5.91 Å². The number of hydrogen-bond donors (Lipinski definition) is 1. The Morgan fingerprint density at radius 2 is 1.79 bits per heavy atom. The average Bonchev–Trinajstić information content (AvgIpc) is 2.99. The van der Waals surface area contributed by atoms with Crippen molar-refractivity contribution in [3.8, 4) is 5.75 Å². The van der Waals surface area contributed by atoms with E-state index in [1.807, 2.05) is 50.2 Å². The first kappa shape index (κ1) is 22.5. The topological polar surface area (TPSA) is 58.6 Å². The molecule has 5 nitrogen and oxygen atoms in total. The Balaban J connectivity index is 1.55. The number of nitrogens with one attached hydrogen (secondary N) is 1. The Kier molecular flexibility index (Phi) is 6.73. The molecule has 0 saturated heterocycles. The van der Waals surface area contributed by atoms with Gasteiger partial charge in [0.05, 0.1) is 18.5 Å². The highest BCUT2D eigenvalue weighted by Gasteiger charge is 2.27. The summed E-state index contributed by atoms with van der Waals surface area (Å²) in [4.78, 5) is 27.5. The molecule has 0 spiro atoms. The van der Waals surface area contributed by atoms with Crippen molar-refractivity contribution < 1.29 is 18.7 Å². The van der Waals surface area contributed by atoms with E-state index < -0.39 is 0 Å². The Labute approximate surface area is 193 Å². The lowest BCUT2D eigenvalue weighted by molar-refractivity contribution is -0.135. The largest absolute Gasteiger partial charge is 0.483 e. The molecule has 6 heteroatoms. The fourth-order valence-electron chi connectivity index (χ4n) is 4.18. The van der Waals surface area contributed by atoms with Crippen LogP contribution < -0.4 is 10.1 Å². The van der Waals surface area contributed by atoms with E-state index >= 15 is 0 Å². The highest BCUT2D eigenvalue weighted by atomic mass is 19.1. The van der Waals surface area contributed by atoms with Gasteiger partial charge >= 0.3 is 0 Å². The second-order valence-electron chi connectivity index (χ2n) is 8.22. The Bertz CT molecular complexity index is 1130. The number of rotatable bonds is 6. The second-order valence-corrected chi connectivity index (χ2v) is 8.22. The van der Waals surface area contributed by atoms with Crippen LogP contribution in [0.3, 0.4) is 0 Å². The molecule has 0 fully saturated rings. The number of ether oxygens (including phenoxy) is 1. The van der Waals surface area contributed by atoms with Gasteiger partial charge in [-0.25, -0.2) is 4.39 Å². The summed E-state index contributed by atoms with van der Waals surface area (Å²) in [6, 6.07) is 21.0. The van der Waals surface area contributed by atoms with Crippen LogP contribution in [0.2, 0.25) is 0 Å². The zero-order valence-electron chi connectivity index (χ0n) is 18.8. The maximum atomic E-state index is 13.3. The zero-order valence-corrected chi connectivity index (χ0v) is 18.8. The number of amides is 2. The van der Waals surface area contributed by atoms with E-state index in [1.54, 1.807) is 29.2 Å². The summed E-state index contributed by atoms with van der Waals surface area (Å²) in [7, 11) is 0. The predicted molar refractivity (Wildman–Crippen MR) is 125 cm³/mol. The molecule has 0 aromatic heterocycles. The third kappa shape index (κ3) is 5.06. The molecule has 1 aliphatic heterocycles. The van der Waals surface area contributed by atoms with Gasteiger partial charge in [-0.05, 0) is 54.8 Å². The van der Waals surface area contributed by atoms with Crippen LogP contribution in [-0.2, 0) is 16.1 Å². The van der Waals surface area contributed by atoms with E-state index in [2.05, 4.69) is 5.32 Å². The van der Waals surface area contributed by atoms with Gasteiger partial charge < -0.3 is 15.0 Å². The minimum absolute atomic E-state index is 0.0733. The van der Waals surface area contributed by atoms with E-state index in [1.165, 1.54) is 12.1 Å². The van der Waals surface area contributed by atoms with Gasteiger partial charge in [-0.1, -0.05) is 49.4 Å². The van der Waals surface area contributed by atoms with Crippen LogP contribution in [0.15, 0.2) is 72.8 Å². The Hall–Kier alpha value is -3.67. The molecule has 33 heavy (non-hydrogen) atoms. The van der Waals surface area contributed by atoms with Crippen LogP contribution in [0.5, 0.6) is 5.75 Å². The van der Waals surface area contributed by atoms with Crippen molar-refractivity contribution in [3.05, 3.63) is 95.3 Å². The van der Waals surface area contributed by atoms with E-state index in [0.717, 1.165) is 16.7 Å². The van der Waals surface area contributed by atoms with Gasteiger partial charge in [0, 0.05) is 11.3 Å². The van der Waals surface area contributed by atoms with Crippen molar-refractivity contribution >= 4 is 17.5 Å². The van der Waals surface area contributed by atoms with E-state index in [-0.39, 0.29) is 36.2 Å². The molecular weight excluding hydrogens is 419 g/mol. The maximum absolute atomic E-state index is 13.3. The van der Waals surface area contributed by atoms with Gasteiger partial charge in [-0.2, -0.15) is 0 Å². The van der Waals surface area contributed by atoms with Gasteiger partial charge in [0.1, 0.15) is 11.6 Å². The standard InChI is InChI=1S/C27H27FN2O3/c1-3-24(20-7-5-4-6-8-20)27(32)29-23-13-14-25-21(15-23)16-30(26(31)17-33-25)18(2)19-9-11-22(28)12-10-19/h4-15,18,24H,3,16-17H2,1-2H3,(H,29,32). The summed E-state index contributed by atoms with van der Waals surface area (Å²) in [5.41, 5.74) is 3.27. The SMILES string of the molecule is CCC(C(=O)Nc1ccc2c(c1)CN(C(C)c1ccc(F)cc1)C(=O)CO2)c1ccccc1. The van der Waals surface area contributed by atoms with Crippen LogP contribution in [0.4, 0.5) is 10.1 Å². The number of nitrogens with zero attached hydrogens (tertiary/aromatic N) is 1. The van der Waals surface area contributed by atoms with E-state index in [9.17, 15) is 14.0 Å². The fraction of sp³-hybridized carbons (Fsp3) is 0.259. The highest BCUT2D eigenvalue weighted by Crippen LogP contribution is 2.32. The minimum Gasteiger partial charge on any atom is -0.483 e. The molecule has 170 valence electrons. The van der Waals surface area contributed by atoms with Crippen LogP contribution in [0, 0.1) is 5.82 Å². The van der Waals surface area contributed by atoms with Gasteiger partial charge in [-0.15, -0.1) is 0 Å². The van der Waals surface area contributed by atoms with Crippen molar-refractivity contribution in [1.29, 1.82) is 0 Å². The highest BCUT2D eigenvalue weighted by molar-refractivity contribution is 5.96. The molecule has 0 saturated carbocycles. The molecule has 1 N–H and O–H groups in total. The molecule has 1 aliphatic rings. The lowest BCUT2D eigenvalue weighted by Crippen LogP contribution is -2.34. The van der Waals surface area contributed by atoms with Crippen LogP contribution >= 0.6 is 0 Å². The number of halogens is 1. The lowest BCUT2D eigenvalue weighted by atomic mass is 9.95. The molecule has 0 bridgehead atoms. The molecule has 2 unspecified atom stereocenters. The first-order chi connectivity index (χ1) is 16.0.